The van der Waals surface area contributed by atoms with Crippen molar-refractivity contribution < 1.29 is 4.74 Å². The summed E-state index contributed by atoms with van der Waals surface area (Å²) in [6, 6.07) is 17.5. The Balaban J connectivity index is 1.57. The van der Waals surface area contributed by atoms with Crippen LogP contribution in [-0.2, 0) is 6.42 Å². The first-order valence-corrected chi connectivity index (χ1v) is 9.17. The summed E-state index contributed by atoms with van der Waals surface area (Å²) >= 11 is 0. The van der Waals surface area contributed by atoms with Crippen LogP contribution in [0.1, 0.15) is 51.0 Å². The van der Waals surface area contributed by atoms with Gasteiger partial charge in [-0.15, -0.1) is 0 Å². The molecule has 1 aliphatic carbocycles. The molecule has 23 heavy (non-hydrogen) atoms. The van der Waals surface area contributed by atoms with Crippen LogP contribution >= 0.6 is 0 Å². The van der Waals surface area contributed by atoms with Gasteiger partial charge in [0.2, 0.25) is 0 Å². The predicted molar refractivity (Wildman–Crippen MR) is 97.9 cm³/mol. The topological polar surface area (TPSA) is 9.23 Å². The number of hydrogen-bond acceptors (Lipinski definition) is 1. The molecule has 0 atom stereocenters. The van der Waals surface area contributed by atoms with Gasteiger partial charge in [0, 0.05) is 0 Å². The van der Waals surface area contributed by atoms with Crippen LogP contribution in [0.5, 0.6) is 5.75 Å². The highest BCUT2D eigenvalue weighted by Gasteiger charge is 2.13. The van der Waals surface area contributed by atoms with Gasteiger partial charge in [0.15, 0.2) is 0 Å². The standard InChI is InChI=1S/C22H28O/c1-2-23-22-16-14-21(15-17-22)20-12-10-19(11-13-20)9-8-18-6-4-3-5-7-18/h10-18H,2-9H2,1H3. The molecule has 0 unspecified atom stereocenters. The normalized spacial score (nSPS) is 15.5. The molecule has 0 heterocycles. The van der Waals surface area contributed by atoms with E-state index in [1.165, 1.54) is 61.6 Å². The number of hydrogen-bond donors (Lipinski definition) is 0. The smallest absolute Gasteiger partial charge is 0.119 e. The van der Waals surface area contributed by atoms with Crippen LogP contribution in [0.3, 0.4) is 0 Å². The number of rotatable bonds is 6. The molecule has 0 aromatic heterocycles. The summed E-state index contributed by atoms with van der Waals surface area (Å²) in [6.07, 6.45) is 9.83. The Labute approximate surface area is 140 Å². The van der Waals surface area contributed by atoms with Crippen molar-refractivity contribution in [3.8, 4) is 16.9 Å². The van der Waals surface area contributed by atoms with Gasteiger partial charge in [-0.1, -0.05) is 68.5 Å². The molecule has 1 nitrogen and oxygen atoms in total. The molecule has 0 aliphatic heterocycles. The number of benzene rings is 2. The summed E-state index contributed by atoms with van der Waals surface area (Å²) in [5.74, 6) is 1.91. The Hall–Kier alpha value is -1.76. The van der Waals surface area contributed by atoms with Crippen molar-refractivity contribution >= 4 is 0 Å². The second kappa shape index (κ2) is 8.19. The van der Waals surface area contributed by atoms with Gasteiger partial charge in [-0.05, 0) is 54.5 Å². The molecule has 2 aromatic carbocycles. The lowest BCUT2D eigenvalue weighted by Gasteiger charge is -2.21. The van der Waals surface area contributed by atoms with Crippen LogP contribution in [0.15, 0.2) is 48.5 Å². The summed E-state index contributed by atoms with van der Waals surface area (Å²) in [6.45, 7) is 2.73. The highest BCUT2D eigenvalue weighted by atomic mass is 16.5. The third-order valence-corrected chi connectivity index (χ3v) is 5.02. The lowest BCUT2D eigenvalue weighted by atomic mass is 9.85. The molecule has 0 N–H and O–H groups in total. The Bertz CT molecular complexity index is 576. The molecule has 0 spiro atoms. The lowest BCUT2D eigenvalue weighted by Crippen LogP contribution is -2.07. The van der Waals surface area contributed by atoms with Crippen LogP contribution in [0.4, 0.5) is 0 Å². The number of aryl methyl sites for hydroxylation is 1. The molecule has 1 saturated carbocycles. The fourth-order valence-electron chi connectivity index (χ4n) is 3.62. The van der Waals surface area contributed by atoms with E-state index in [1.54, 1.807) is 0 Å². The van der Waals surface area contributed by atoms with Gasteiger partial charge < -0.3 is 4.74 Å². The average Bonchev–Trinajstić information content (AvgIpc) is 2.62. The summed E-state index contributed by atoms with van der Waals surface area (Å²) in [4.78, 5) is 0. The maximum atomic E-state index is 5.51. The maximum Gasteiger partial charge on any atom is 0.119 e. The van der Waals surface area contributed by atoms with E-state index in [9.17, 15) is 0 Å². The molecule has 2 aromatic rings. The fraction of sp³-hybridized carbons (Fsp3) is 0.455. The van der Waals surface area contributed by atoms with E-state index in [2.05, 4.69) is 48.5 Å². The van der Waals surface area contributed by atoms with Crippen molar-refractivity contribution in [2.45, 2.75) is 51.9 Å². The highest BCUT2D eigenvalue weighted by molar-refractivity contribution is 5.64. The van der Waals surface area contributed by atoms with Crippen molar-refractivity contribution in [1.29, 1.82) is 0 Å². The van der Waals surface area contributed by atoms with Gasteiger partial charge in [-0.3, -0.25) is 0 Å². The van der Waals surface area contributed by atoms with Crippen LogP contribution < -0.4 is 4.74 Å². The third kappa shape index (κ3) is 4.60. The monoisotopic (exact) mass is 308 g/mol. The molecule has 122 valence electrons. The molecule has 1 fully saturated rings. The predicted octanol–water partition coefficient (Wildman–Crippen LogP) is 6.27. The summed E-state index contributed by atoms with van der Waals surface area (Å²) in [7, 11) is 0. The van der Waals surface area contributed by atoms with E-state index in [1.807, 2.05) is 6.92 Å². The molecule has 1 heteroatoms. The molecular formula is C22H28O. The Morgan fingerprint density at radius 2 is 1.43 bits per heavy atom. The molecular weight excluding hydrogens is 280 g/mol. The first-order valence-electron chi connectivity index (χ1n) is 9.17. The van der Waals surface area contributed by atoms with Gasteiger partial charge in [0.05, 0.1) is 6.61 Å². The molecule has 0 amide bonds. The van der Waals surface area contributed by atoms with Crippen molar-refractivity contribution in [3.05, 3.63) is 54.1 Å². The van der Waals surface area contributed by atoms with Gasteiger partial charge in [-0.2, -0.15) is 0 Å². The van der Waals surface area contributed by atoms with Crippen molar-refractivity contribution in [2.24, 2.45) is 5.92 Å². The van der Waals surface area contributed by atoms with Gasteiger partial charge in [0.1, 0.15) is 5.75 Å². The second-order valence-electron chi connectivity index (χ2n) is 6.70. The first kappa shape index (κ1) is 16.1. The Kier molecular flexibility index (Phi) is 5.74. The third-order valence-electron chi connectivity index (χ3n) is 5.02. The molecule has 1 aliphatic rings. The average molecular weight is 308 g/mol. The zero-order valence-electron chi connectivity index (χ0n) is 14.3. The van der Waals surface area contributed by atoms with Crippen LogP contribution in [0, 0.1) is 5.92 Å². The summed E-state index contributed by atoms with van der Waals surface area (Å²) < 4.78 is 5.51. The SMILES string of the molecule is CCOc1ccc(-c2ccc(CCC3CCCCC3)cc2)cc1. The number of ether oxygens (including phenoxy) is 1. The van der Waals surface area contributed by atoms with Crippen molar-refractivity contribution in [3.63, 3.8) is 0 Å². The van der Waals surface area contributed by atoms with Gasteiger partial charge >= 0.3 is 0 Å². The Morgan fingerprint density at radius 3 is 2.04 bits per heavy atom. The molecule has 0 radical (unpaired) electrons. The van der Waals surface area contributed by atoms with Crippen molar-refractivity contribution in [1.82, 2.24) is 0 Å². The van der Waals surface area contributed by atoms with E-state index >= 15 is 0 Å². The van der Waals surface area contributed by atoms with E-state index in [0.717, 1.165) is 18.3 Å². The fourth-order valence-corrected chi connectivity index (χ4v) is 3.62. The van der Waals surface area contributed by atoms with Gasteiger partial charge in [-0.25, -0.2) is 0 Å². The quantitative estimate of drug-likeness (QED) is 0.611. The van der Waals surface area contributed by atoms with Crippen LogP contribution in [0.25, 0.3) is 11.1 Å². The van der Waals surface area contributed by atoms with Crippen LogP contribution in [0.2, 0.25) is 0 Å². The maximum absolute atomic E-state index is 5.51. The van der Waals surface area contributed by atoms with E-state index in [4.69, 9.17) is 4.74 Å². The van der Waals surface area contributed by atoms with Crippen molar-refractivity contribution in [2.75, 3.05) is 6.61 Å². The minimum Gasteiger partial charge on any atom is -0.494 e. The summed E-state index contributed by atoms with van der Waals surface area (Å²) in [5.41, 5.74) is 4.02. The minimum atomic E-state index is 0.717. The Morgan fingerprint density at radius 1 is 0.826 bits per heavy atom. The van der Waals surface area contributed by atoms with E-state index in [0.29, 0.717) is 0 Å². The molecule has 0 saturated heterocycles. The van der Waals surface area contributed by atoms with E-state index < -0.39 is 0 Å². The van der Waals surface area contributed by atoms with Crippen LogP contribution in [-0.4, -0.2) is 6.61 Å². The largest absolute Gasteiger partial charge is 0.494 e. The summed E-state index contributed by atoms with van der Waals surface area (Å²) in [5, 5.41) is 0. The first-order chi connectivity index (χ1) is 11.3. The second-order valence-corrected chi connectivity index (χ2v) is 6.70. The molecule has 0 bridgehead atoms. The zero-order valence-corrected chi connectivity index (χ0v) is 14.3. The zero-order chi connectivity index (χ0) is 15.9. The molecule has 3 rings (SSSR count). The lowest BCUT2D eigenvalue weighted by molar-refractivity contribution is 0.339. The van der Waals surface area contributed by atoms with E-state index in [-0.39, 0.29) is 0 Å². The minimum absolute atomic E-state index is 0.717. The highest BCUT2D eigenvalue weighted by Crippen LogP contribution is 2.28. The van der Waals surface area contributed by atoms with Gasteiger partial charge in [0.25, 0.3) is 0 Å².